The predicted octanol–water partition coefficient (Wildman–Crippen LogP) is 2.37. The van der Waals surface area contributed by atoms with Crippen LogP contribution in [0, 0.1) is 5.92 Å². The van der Waals surface area contributed by atoms with E-state index in [-0.39, 0.29) is 0 Å². The minimum atomic E-state index is -0.392. The maximum Gasteiger partial charge on any atom is 0.0830 e. The Balaban J connectivity index is 2.08. The monoisotopic (exact) mass is 225 g/mol. The van der Waals surface area contributed by atoms with Crippen molar-refractivity contribution >= 4 is 11.6 Å². The van der Waals surface area contributed by atoms with Gasteiger partial charge in [0, 0.05) is 17.5 Å². The van der Waals surface area contributed by atoms with Gasteiger partial charge in [0.1, 0.15) is 0 Å². The minimum Gasteiger partial charge on any atom is -0.388 e. The first-order chi connectivity index (χ1) is 7.27. The molecular formula is C12H16ClNO. The van der Waals surface area contributed by atoms with E-state index in [1.54, 1.807) is 0 Å². The molecule has 82 valence electrons. The van der Waals surface area contributed by atoms with Gasteiger partial charge in [-0.05, 0) is 37.1 Å². The maximum absolute atomic E-state index is 10.2. The summed E-state index contributed by atoms with van der Waals surface area (Å²) in [6, 6.07) is 7.50. The van der Waals surface area contributed by atoms with E-state index in [1.807, 2.05) is 24.3 Å². The molecule has 1 aliphatic rings. The Morgan fingerprint density at radius 2 is 2.33 bits per heavy atom. The lowest BCUT2D eigenvalue weighted by atomic mass is 9.89. The van der Waals surface area contributed by atoms with E-state index in [0.717, 1.165) is 31.5 Å². The second kappa shape index (κ2) is 4.97. The first-order valence-corrected chi connectivity index (χ1v) is 5.79. The molecule has 1 heterocycles. The number of benzene rings is 1. The molecule has 0 aromatic heterocycles. The van der Waals surface area contributed by atoms with Gasteiger partial charge < -0.3 is 10.4 Å². The van der Waals surface area contributed by atoms with Gasteiger partial charge in [0.25, 0.3) is 0 Å². The maximum atomic E-state index is 10.2. The summed E-state index contributed by atoms with van der Waals surface area (Å²) < 4.78 is 0. The molecule has 3 heteroatoms. The van der Waals surface area contributed by atoms with Crippen LogP contribution in [0.4, 0.5) is 0 Å². The van der Waals surface area contributed by atoms with Crippen molar-refractivity contribution in [2.75, 3.05) is 13.1 Å². The highest BCUT2D eigenvalue weighted by molar-refractivity contribution is 6.30. The van der Waals surface area contributed by atoms with Crippen LogP contribution in [0.25, 0.3) is 0 Å². The van der Waals surface area contributed by atoms with Gasteiger partial charge in [-0.1, -0.05) is 23.7 Å². The van der Waals surface area contributed by atoms with Gasteiger partial charge in [0.2, 0.25) is 0 Å². The van der Waals surface area contributed by atoms with Gasteiger partial charge in [-0.15, -0.1) is 0 Å². The third-order valence-electron chi connectivity index (χ3n) is 2.97. The second-order valence-electron chi connectivity index (χ2n) is 4.11. The lowest BCUT2D eigenvalue weighted by Gasteiger charge is -2.27. The minimum absolute atomic E-state index is 0.317. The SMILES string of the molecule is OC(c1cccc(Cl)c1)C1CCCNC1. The fourth-order valence-corrected chi connectivity index (χ4v) is 2.31. The van der Waals surface area contributed by atoms with Crippen LogP contribution in [-0.4, -0.2) is 18.2 Å². The molecule has 0 amide bonds. The zero-order chi connectivity index (χ0) is 10.7. The zero-order valence-electron chi connectivity index (χ0n) is 8.62. The molecule has 1 aromatic rings. The number of aliphatic hydroxyl groups is 1. The van der Waals surface area contributed by atoms with E-state index in [2.05, 4.69) is 5.32 Å². The average molecular weight is 226 g/mol. The van der Waals surface area contributed by atoms with Crippen molar-refractivity contribution < 1.29 is 5.11 Å². The summed E-state index contributed by atoms with van der Waals surface area (Å²) in [5, 5.41) is 14.2. The largest absolute Gasteiger partial charge is 0.388 e. The van der Waals surface area contributed by atoms with Crippen LogP contribution in [0.3, 0.4) is 0 Å². The molecule has 0 bridgehead atoms. The highest BCUT2D eigenvalue weighted by atomic mass is 35.5. The van der Waals surface area contributed by atoms with E-state index >= 15 is 0 Å². The Morgan fingerprint density at radius 1 is 1.47 bits per heavy atom. The van der Waals surface area contributed by atoms with Crippen molar-refractivity contribution in [2.45, 2.75) is 18.9 Å². The number of aliphatic hydroxyl groups excluding tert-OH is 1. The molecule has 1 aliphatic heterocycles. The third kappa shape index (κ3) is 2.71. The van der Waals surface area contributed by atoms with Crippen LogP contribution >= 0.6 is 11.6 Å². The quantitative estimate of drug-likeness (QED) is 0.810. The molecular weight excluding hydrogens is 210 g/mol. The standard InChI is InChI=1S/C12H16ClNO/c13-11-5-1-3-9(7-11)12(15)10-4-2-6-14-8-10/h1,3,5,7,10,12,14-15H,2,4,6,8H2. The number of halogens is 1. The second-order valence-corrected chi connectivity index (χ2v) is 4.54. The fourth-order valence-electron chi connectivity index (χ4n) is 2.11. The van der Waals surface area contributed by atoms with Crippen LogP contribution in [0.2, 0.25) is 5.02 Å². The van der Waals surface area contributed by atoms with Gasteiger partial charge in [0.05, 0.1) is 6.10 Å². The molecule has 2 rings (SSSR count). The third-order valence-corrected chi connectivity index (χ3v) is 3.21. The van der Waals surface area contributed by atoms with E-state index in [1.165, 1.54) is 0 Å². The molecule has 0 saturated carbocycles. The van der Waals surface area contributed by atoms with E-state index in [0.29, 0.717) is 10.9 Å². The average Bonchev–Trinajstić information content (AvgIpc) is 2.29. The summed E-state index contributed by atoms with van der Waals surface area (Å²) in [4.78, 5) is 0. The molecule has 2 unspecified atom stereocenters. The molecule has 0 spiro atoms. The van der Waals surface area contributed by atoms with Gasteiger partial charge in [0.15, 0.2) is 0 Å². The molecule has 2 atom stereocenters. The molecule has 0 radical (unpaired) electrons. The molecule has 15 heavy (non-hydrogen) atoms. The van der Waals surface area contributed by atoms with Gasteiger partial charge >= 0.3 is 0 Å². The van der Waals surface area contributed by atoms with Crippen molar-refractivity contribution in [2.24, 2.45) is 5.92 Å². The molecule has 2 N–H and O–H groups in total. The molecule has 1 fully saturated rings. The number of hydrogen-bond acceptors (Lipinski definition) is 2. The summed E-state index contributed by atoms with van der Waals surface area (Å²) in [6.45, 7) is 1.96. The lowest BCUT2D eigenvalue weighted by molar-refractivity contribution is 0.0922. The molecule has 1 aromatic carbocycles. The summed E-state index contributed by atoms with van der Waals surface area (Å²) in [7, 11) is 0. The lowest BCUT2D eigenvalue weighted by Crippen LogP contribution is -2.33. The van der Waals surface area contributed by atoms with Crippen molar-refractivity contribution in [1.29, 1.82) is 0 Å². The van der Waals surface area contributed by atoms with Crippen molar-refractivity contribution in [3.63, 3.8) is 0 Å². The first-order valence-electron chi connectivity index (χ1n) is 5.41. The number of rotatable bonds is 2. The van der Waals surface area contributed by atoms with Crippen LogP contribution in [0.5, 0.6) is 0 Å². The van der Waals surface area contributed by atoms with Gasteiger partial charge in [-0.2, -0.15) is 0 Å². The van der Waals surface area contributed by atoms with Gasteiger partial charge in [-0.25, -0.2) is 0 Å². The van der Waals surface area contributed by atoms with E-state index in [4.69, 9.17) is 11.6 Å². The van der Waals surface area contributed by atoms with Crippen molar-refractivity contribution in [1.82, 2.24) is 5.32 Å². The number of piperidine rings is 1. The van der Waals surface area contributed by atoms with Crippen LogP contribution in [0.1, 0.15) is 24.5 Å². The van der Waals surface area contributed by atoms with Crippen molar-refractivity contribution in [3.05, 3.63) is 34.9 Å². The summed E-state index contributed by atoms with van der Waals surface area (Å²) in [5.74, 6) is 0.317. The summed E-state index contributed by atoms with van der Waals surface area (Å²) in [5.41, 5.74) is 0.927. The number of hydrogen-bond donors (Lipinski definition) is 2. The van der Waals surface area contributed by atoms with E-state index < -0.39 is 6.10 Å². The van der Waals surface area contributed by atoms with Crippen LogP contribution in [0.15, 0.2) is 24.3 Å². The Hall–Kier alpha value is -0.570. The van der Waals surface area contributed by atoms with Crippen LogP contribution < -0.4 is 5.32 Å². The van der Waals surface area contributed by atoms with Gasteiger partial charge in [-0.3, -0.25) is 0 Å². The molecule has 0 aliphatic carbocycles. The molecule has 1 saturated heterocycles. The normalized spacial score (nSPS) is 23.7. The molecule has 2 nitrogen and oxygen atoms in total. The highest BCUT2D eigenvalue weighted by Crippen LogP contribution is 2.28. The Bertz CT molecular complexity index is 323. The Morgan fingerprint density at radius 3 is 3.00 bits per heavy atom. The topological polar surface area (TPSA) is 32.3 Å². The summed E-state index contributed by atoms with van der Waals surface area (Å²) >= 11 is 5.90. The Labute approximate surface area is 95.3 Å². The van der Waals surface area contributed by atoms with Crippen molar-refractivity contribution in [3.8, 4) is 0 Å². The van der Waals surface area contributed by atoms with E-state index in [9.17, 15) is 5.11 Å². The summed E-state index contributed by atoms with van der Waals surface area (Å²) in [6.07, 6.45) is 1.83. The predicted molar refractivity (Wildman–Crippen MR) is 62.0 cm³/mol. The first kappa shape index (κ1) is 10.9. The fraction of sp³-hybridized carbons (Fsp3) is 0.500. The Kier molecular flexibility index (Phi) is 3.62. The zero-order valence-corrected chi connectivity index (χ0v) is 9.37. The smallest absolute Gasteiger partial charge is 0.0830 e. The van der Waals surface area contributed by atoms with Crippen LogP contribution in [-0.2, 0) is 0 Å². The highest BCUT2D eigenvalue weighted by Gasteiger charge is 2.22. The number of nitrogens with one attached hydrogen (secondary N) is 1.